The lowest BCUT2D eigenvalue weighted by atomic mass is 10.2. The molecule has 0 heterocycles. The molecule has 0 aliphatic heterocycles. The van der Waals surface area contributed by atoms with Crippen LogP contribution in [-0.4, -0.2) is 20.3 Å². The van der Waals surface area contributed by atoms with E-state index in [0.717, 1.165) is 16.6 Å². The number of benzene rings is 1. The minimum atomic E-state index is 0.256. The lowest BCUT2D eigenvalue weighted by Crippen LogP contribution is -2.07. The van der Waals surface area contributed by atoms with Gasteiger partial charge in [-0.2, -0.15) is 0 Å². The fraction of sp³-hybridized carbons (Fsp3) is 0.385. The van der Waals surface area contributed by atoms with Crippen molar-refractivity contribution in [2.24, 2.45) is 0 Å². The van der Waals surface area contributed by atoms with Crippen LogP contribution in [-0.2, 0) is 6.54 Å². The maximum Gasteiger partial charge on any atom is 0.175 e. The summed E-state index contributed by atoms with van der Waals surface area (Å²) in [5.41, 5.74) is 1.12. The Kier molecular flexibility index (Phi) is 6.54. The van der Waals surface area contributed by atoms with Crippen molar-refractivity contribution in [3.63, 3.8) is 0 Å². The van der Waals surface area contributed by atoms with Crippen LogP contribution in [0.25, 0.3) is 0 Å². The molecule has 0 spiro atoms. The molecule has 0 aromatic heterocycles. The molecule has 0 saturated carbocycles. The summed E-state index contributed by atoms with van der Waals surface area (Å²) in [4.78, 5) is 0. The van der Waals surface area contributed by atoms with Crippen LogP contribution < -0.4 is 14.8 Å². The Labute approximate surface area is 121 Å². The van der Waals surface area contributed by atoms with Gasteiger partial charge in [0, 0.05) is 11.6 Å². The molecule has 0 radical (unpaired) electrons. The van der Waals surface area contributed by atoms with Crippen LogP contribution in [0.3, 0.4) is 0 Å². The molecule has 0 amide bonds. The van der Waals surface area contributed by atoms with Crippen molar-refractivity contribution in [1.29, 1.82) is 0 Å². The highest BCUT2D eigenvalue weighted by Gasteiger charge is 2.12. The first-order chi connectivity index (χ1) is 8.58. The number of rotatable bonds is 7. The van der Waals surface area contributed by atoms with E-state index < -0.39 is 0 Å². The van der Waals surface area contributed by atoms with E-state index >= 15 is 0 Å². The molecule has 0 bridgehead atoms. The van der Waals surface area contributed by atoms with E-state index in [-0.39, 0.29) is 6.61 Å². The van der Waals surface area contributed by atoms with Gasteiger partial charge in [0.25, 0.3) is 0 Å². The van der Waals surface area contributed by atoms with Crippen molar-refractivity contribution in [2.45, 2.75) is 13.5 Å². The van der Waals surface area contributed by atoms with Crippen molar-refractivity contribution >= 4 is 27.5 Å². The molecule has 1 aromatic carbocycles. The topological polar surface area (TPSA) is 30.5 Å². The molecule has 1 aromatic rings. The van der Waals surface area contributed by atoms with Crippen molar-refractivity contribution in [1.82, 2.24) is 5.32 Å². The summed E-state index contributed by atoms with van der Waals surface area (Å²) >= 11 is 9.19. The molecule has 0 unspecified atom stereocenters. The fourth-order valence-electron chi connectivity index (χ4n) is 1.48. The predicted molar refractivity (Wildman–Crippen MR) is 78.6 cm³/mol. The van der Waals surface area contributed by atoms with Crippen LogP contribution in [0.4, 0.5) is 0 Å². The zero-order valence-corrected chi connectivity index (χ0v) is 12.9. The molecular formula is C13H17BrClNO2. The summed E-state index contributed by atoms with van der Waals surface area (Å²) in [6, 6.07) is 3.95. The van der Waals surface area contributed by atoms with Crippen molar-refractivity contribution in [3.05, 3.63) is 33.8 Å². The molecule has 0 saturated heterocycles. The third-order valence-corrected chi connectivity index (χ3v) is 2.82. The monoisotopic (exact) mass is 333 g/mol. The van der Waals surface area contributed by atoms with Gasteiger partial charge in [-0.25, -0.2) is 0 Å². The molecule has 3 nitrogen and oxygen atoms in total. The Morgan fingerprint density at radius 2 is 2.17 bits per heavy atom. The van der Waals surface area contributed by atoms with Gasteiger partial charge in [-0.1, -0.05) is 18.2 Å². The normalized spacial score (nSPS) is 10.2. The first kappa shape index (κ1) is 15.3. The maximum atomic E-state index is 5.70. The van der Waals surface area contributed by atoms with E-state index in [9.17, 15) is 0 Å². The van der Waals surface area contributed by atoms with Gasteiger partial charge in [-0.15, -0.1) is 0 Å². The smallest absolute Gasteiger partial charge is 0.175 e. The Hall–Kier alpha value is -0.710. The van der Waals surface area contributed by atoms with Crippen LogP contribution >= 0.6 is 27.5 Å². The van der Waals surface area contributed by atoms with E-state index in [1.165, 1.54) is 0 Å². The minimum Gasteiger partial charge on any atom is -0.490 e. The van der Waals surface area contributed by atoms with Crippen LogP contribution in [0, 0.1) is 0 Å². The second-order valence-electron chi connectivity index (χ2n) is 3.67. The predicted octanol–water partition coefficient (Wildman–Crippen LogP) is 3.70. The number of halogens is 2. The van der Waals surface area contributed by atoms with Crippen molar-refractivity contribution < 1.29 is 9.47 Å². The number of nitrogens with one attached hydrogen (secondary N) is 1. The summed E-state index contributed by atoms with van der Waals surface area (Å²) in [6.45, 7) is 7.13. The second-order valence-corrected chi connectivity index (χ2v) is 5.06. The van der Waals surface area contributed by atoms with Gasteiger partial charge >= 0.3 is 0 Å². The van der Waals surface area contributed by atoms with Crippen molar-refractivity contribution in [3.8, 4) is 11.5 Å². The fourth-order valence-corrected chi connectivity index (χ4v) is 2.14. The van der Waals surface area contributed by atoms with Crippen LogP contribution in [0.15, 0.2) is 28.2 Å². The number of hydrogen-bond acceptors (Lipinski definition) is 3. The van der Waals surface area contributed by atoms with Crippen LogP contribution in [0.2, 0.25) is 0 Å². The molecule has 1 N–H and O–H groups in total. The first-order valence-electron chi connectivity index (χ1n) is 5.64. The molecular weight excluding hydrogens is 318 g/mol. The summed E-state index contributed by atoms with van der Waals surface area (Å²) in [7, 11) is 1.90. The standard InChI is InChI=1S/C13H17BrClNO2/c1-4-17-12-6-10(7-16-3)5-11(14)13(12)18-8-9(2)15/h5-6,16H,2,4,7-8H2,1,3H3. The van der Waals surface area contributed by atoms with E-state index in [0.29, 0.717) is 23.1 Å². The molecule has 100 valence electrons. The summed E-state index contributed by atoms with van der Waals surface area (Å²) in [5.74, 6) is 1.36. The Morgan fingerprint density at radius 3 is 2.72 bits per heavy atom. The van der Waals surface area contributed by atoms with Crippen molar-refractivity contribution in [2.75, 3.05) is 20.3 Å². The molecule has 18 heavy (non-hydrogen) atoms. The minimum absolute atomic E-state index is 0.256. The number of ether oxygens (including phenoxy) is 2. The van der Waals surface area contributed by atoms with E-state index in [1.807, 2.05) is 26.1 Å². The number of hydrogen-bond donors (Lipinski definition) is 1. The zero-order chi connectivity index (χ0) is 13.5. The van der Waals surface area contributed by atoms with Crippen LogP contribution in [0.1, 0.15) is 12.5 Å². The second kappa shape index (κ2) is 7.67. The van der Waals surface area contributed by atoms with E-state index in [4.69, 9.17) is 21.1 Å². The Morgan fingerprint density at radius 1 is 1.44 bits per heavy atom. The van der Waals surface area contributed by atoms with Gasteiger partial charge in [0.2, 0.25) is 0 Å². The SMILES string of the molecule is C=C(Cl)COc1c(Br)cc(CNC)cc1OCC. The molecule has 0 aliphatic carbocycles. The molecule has 0 fully saturated rings. The largest absolute Gasteiger partial charge is 0.490 e. The third kappa shape index (κ3) is 4.52. The molecule has 0 aliphatic rings. The highest BCUT2D eigenvalue weighted by molar-refractivity contribution is 9.10. The Bertz CT molecular complexity index is 424. The van der Waals surface area contributed by atoms with E-state index in [1.54, 1.807) is 0 Å². The van der Waals surface area contributed by atoms with Crippen LogP contribution in [0.5, 0.6) is 11.5 Å². The average molecular weight is 335 g/mol. The molecule has 0 atom stereocenters. The summed E-state index contributed by atoms with van der Waals surface area (Å²) < 4.78 is 12.0. The van der Waals surface area contributed by atoms with Gasteiger partial charge in [0.15, 0.2) is 11.5 Å². The third-order valence-electron chi connectivity index (χ3n) is 2.12. The van der Waals surface area contributed by atoms with Gasteiger partial charge < -0.3 is 14.8 Å². The van der Waals surface area contributed by atoms with Gasteiger partial charge in [-0.3, -0.25) is 0 Å². The lowest BCUT2D eigenvalue weighted by molar-refractivity contribution is 0.294. The highest BCUT2D eigenvalue weighted by atomic mass is 79.9. The highest BCUT2D eigenvalue weighted by Crippen LogP contribution is 2.37. The Balaban J connectivity index is 3.01. The van der Waals surface area contributed by atoms with Gasteiger partial charge in [0.1, 0.15) is 6.61 Å². The lowest BCUT2D eigenvalue weighted by Gasteiger charge is -2.15. The average Bonchev–Trinajstić information content (AvgIpc) is 2.28. The quantitative estimate of drug-likeness (QED) is 0.825. The zero-order valence-electron chi connectivity index (χ0n) is 10.6. The van der Waals surface area contributed by atoms with Gasteiger partial charge in [0.05, 0.1) is 11.1 Å². The maximum absolute atomic E-state index is 5.70. The summed E-state index contributed by atoms with van der Waals surface area (Å²) in [6.07, 6.45) is 0. The summed E-state index contributed by atoms with van der Waals surface area (Å²) in [5, 5.41) is 3.55. The van der Waals surface area contributed by atoms with E-state index in [2.05, 4.69) is 27.8 Å². The van der Waals surface area contributed by atoms with Gasteiger partial charge in [-0.05, 0) is 47.6 Å². The first-order valence-corrected chi connectivity index (χ1v) is 6.81. The molecule has 5 heteroatoms. The molecule has 1 rings (SSSR count).